The zero-order valence-corrected chi connectivity index (χ0v) is 11.7. The maximum atomic E-state index is 11.0. The number of aliphatic hydroxyl groups is 1. The van der Waals surface area contributed by atoms with E-state index in [1.54, 1.807) is 0 Å². The van der Waals surface area contributed by atoms with Gasteiger partial charge in [-0.3, -0.25) is 10.1 Å². The van der Waals surface area contributed by atoms with E-state index in [0.717, 1.165) is 0 Å². The highest BCUT2D eigenvalue weighted by molar-refractivity contribution is 7.99. The molecule has 0 aliphatic rings. The van der Waals surface area contributed by atoms with Crippen LogP contribution in [0, 0.1) is 10.1 Å². The lowest BCUT2D eigenvalue weighted by atomic mass is 10.2. The van der Waals surface area contributed by atoms with E-state index in [2.05, 4.69) is 15.3 Å². The molecule has 0 spiro atoms. The number of thioether (sulfide) groups is 1. The Morgan fingerprint density at radius 3 is 2.79 bits per heavy atom. The van der Waals surface area contributed by atoms with Crippen LogP contribution in [0.4, 0.5) is 11.5 Å². The Hall–Kier alpha value is -1.61. The van der Waals surface area contributed by atoms with E-state index in [1.165, 1.54) is 25.2 Å². The number of ether oxygens (including phenoxy) is 1. The molecule has 0 aliphatic carbocycles. The molecule has 0 amide bonds. The maximum Gasteiger partial charge on any atom is 0.372 e. The van der Waals surface area contributed by atoms with Crippen LogP contribution in [0.1, 0.15) is 6.92 Å². The average Bonchev–Trinajstić information content (AvgIpc) is 2.39. The lowest BCUT2D eigenvalue weighted by molar-refractivity contribution is -0.385. The summed E-state index contributed by atoms with van der Waals surface area (Å²) >= 11 is 1.46. The van der Waals surface area contributed by atoms with Crippen LogP contribution in [0.25, 0.3) is 0 Å². The molecule has 0 radical (unpaired) electrons. The van der Waals surface area contributed by atoms with Crippen molar-refractivity contribution >= 4 is 23.3 Å². The molecule has 2 unspecified atom stereocenters. The van der Waals surface area contributed by atoms with Gasteiger partial charge >= 0.3 is 5.69 Å². The van der Waals surface area contributed by atoms with Gasteiger partial charge in [-0.1, -0.05) is 0 Å². The van der Waals surface area contributed by atoms with Crippen molar-refractivity contribution in [2.45, 2.75) is 18.2 Å². The monoisotopic (exact) mass is 288 g/mol. The molecule has 0 bridgehead atoms. The first-order valence-corrected chi connectivity index (χ1v) is 6.77. The second-order valence-electron chi connectivity index (χ2n) is 3.73. The summed E-state index contributed by atoms with van der Waals surface area (Å²) in [4.78, 5) is 18.0. The van der Waals surface area contributed by atoms with Gasteiger partial charge in [0.15, 0.2) is 0 Å². The van der Waals surface area contributed by atoms with Crippen LogP contribution in [0.15, 0.2) is 6.33 Å². The average molecular weight is 288 g/mol. The molecule has 1 heterocycles. The van der Waals surface area contributed by atoms with E-state index in [-0.39, 0.29) is 35.3 Å². The number of methoxy groups -OCH3 is 1. The fourth-order valence-corrected chi connectivity index (χ4v) is 2.15. The summed E-state index contributed by atoms with van der Waals surface area (Å²) < 4.78 is 4.85. The predicted octanol–water partition coefficient (Wildman–Crippen LogP) is 0.918. The fourth-order valence-electron chi connectivity index (χ4n) is 1.53. The largest absolute Gasteiger partial charge is 0.476 e. The van der Waals surface area contributed by atoms with Gasteiger partial charge in [-0.05, 0) is 13.2 Å². The van der Waals surface area contributed by atoms with Crippen LogP contribution in [-0.2, 0) is 0 Å². The van der Waals surface area contributed by atoms with Crippen molar-refractivity contribution in [3.63, 3.8) is 0 Å². The van der Waals surface area contributed by atoms with Gasteiger partial charge in [0.25, 0.3) is 5.88 Å². The van der Waals surface area contributed by atoms with E-state index < -0.39 is 4.92 Å². The summed E-state index contributed by atoms with van der Waals surface area (Å²) in [6.07, 6.45) is 3.04. The third-order valence-corrected chi connectivity index (χ3v) is 3.73. The normalized spacial score (nSPS) is 13.7. The Morgan fingerprint density at radius 1 is 1.63 bits per heavy atom. The summed E-state index contributed by atoms with van der Waals surface area (Å²) in [5.74, 6) is -0.0174. The first-order valence-electron chi connectivity index (χ1n) is 5.48. The topological polar surface area (TPSA) is 110 Å². The summed E-state index contributed by atoms with van der Waals surface area (Å²) in [6.45, 7) is 1.78. The van der Waals surface area contributed by atoms with Gasteiger partial charge in [-0.15, -0.1) is 0 Å². The molecule has 2 atom stereocenters. The van der Waals surface area contributed by atoms with Crippen LogP contribution in [0.2, 0.25) is 0 Å². The van der Waals surface area contributed by atoms with Crippen LogP contribution in [0.3, 0.4) is 0 Å². The molecule has 0 fully saturated rings. The number of hydrogen-bond acceptors (Lipinski definition) is 8. The Morgan fingerprint density at radius 2 is 2.32 bits per heavy atom. The van der Waals surface area contributed by atoms with Crippen molar-refractivity contribution in [2.24, 2.45) is 0 Å². The molecule has 0 aliphatic heterocycles. The zero-order chi connectivity index (χ0) is 14.4. The minimum atomic E-state index is -0.596. The van der Waals surface area contributed by atoms with E-state index >= 15 is 0 Å². The first kappa shape index (κ1) is 15.4. The molecule has 2 N–H and O–H groups in total. The Kier molecular flexibility index (Phi) is 5.77. The predicted molar refractivity (Wildman–Crippen MR) is 72.7 cm³/mol. The van der Waals surface area contributed by atoms with Crippen molar-refractivity contribution in [3.8, 4) is 5.88 Å². The summed E-state index contributed by atoms with van der Waals surface area (Å²) in [5, 5.41) is 23.1. The highest BCUT2D eigenvalue weighted by Gasteiger charge is 2.26. The molecule has 0 saturated carbocycles. The second kappa shape index (κ2) is 7.10. The third kappa shape index (κ3) is 3.67. The van der Waals surface area contributed by atoms with Crippen molar-refractivity contribution in [2.75, 3.05) is 25.3 Å². The third-order valence-electron chi connectivity index (χ3n) is 2.57. The van der Waals surface area contributed by atoms with E-state index in [9.17, 15) is 15.2 Å². The number of rotatable bonds is 7. The van der Waals surface area contributed by atoms with Gasteiger partial charge in [-0.2, -0.15) is 16.7 Å². The first-order chi connectivity index (χ1) is 9.04. The molecule has 0 aromatic carbocycles. The van der Waals surface area contributed by atoms with Gasteiger partial charge < -0.3 is 15.2 Å². The number of nitro groups is 1. The van der Waals surface area contributed by atoms with Gasteiger partial charge in [0.2, 0.25) is 5.82 Å². The highest BCUT2D eigenvalue weighted by Crippen LogP contribution is 2.31. The molecule has 1 aromatic rings. The highest BCUT2D eigenvalue weighted by atomic mass is 32.2. The van der Waals surface area contributed by atoms with Crippen molar-refractivity contribution in [1.29, 1.82) is 0 Å². The fraction of sp³-hybridized carbons (Fsp3) is 0.600. The number of aliphatic hydroxyl groups excluding tert-OH is 1. The SMILES string of the molecule is COc1ncnc(NC(C)C(CO)SC)c1[N+](=O)[O-]. The maximum absolute atomic E-state index is 11.0. The summed E-state index contributed by atoms with van der Waals surface area (Å²) in [6, 6.07) is -0.196. The van der Waals surface area contributed by atoms with Crippen LogP contribution >= 0.6 is 11.8 Å². The number of aromatic nitrogens is 2. The van der Waals surface area contributed by atoms with Crippen molar-refractivity contribution < 1.29 is 14.8 Å². The van der Waals surface area contributed by atoms with Gasteiger partial charge in [-0.25, -0.2) is 4.98 Å². The van der Waals surface area contributed by atoms with Gasteiger partial charge in [0.05, 0.1) is 18.6 Å². The van der Waals surface area contributed by atoms with Crippen LogP contribution < -0.4 is 10.1 Å². The molecular weight excluding hydrogens is 272 g/mol. The van der Waals surface area contributed by atoms with Crippen molar-refractivity contribution in [3.05, 3.63) is 16.4 Å². The lowest BCUT2D eigenvalue weighted by Gasteiger charge is -2.21. The molecule has 8 nitrogen and oxygen atoms in total. The molecule has 19 heavy (non-hydrogen) atoms. The Bertz CT molecular complexity index is 442. The zero-order valence-electron chi connectivity index (χ0n) is 10.9. The molecule has 0 saturated heterocycles. The lowest BCUT2D eigenvalue weighted by Crippen LogP contribution is -2.31. The van der Waals surface area contributed by atoms with E-state index in [4.69, 9.17) is 4.74 Å². The molecule has 106 valence electrons. The Balaban J connectivity index is 3.03. The molecule has 9 heteroatoms. The minimum absolute atomic E-state index is 0.0364. The molecule has 1 rings (SSSR count). The van der Waals surface area contributed by atoms with E-state index in [1.807, 2.05) is 13.2 Å². The number of anilines is 1. The van der Waals surface area contributed by atoms with Crippen LogP contribution in [-0.4, -0.2) is 51.3 Å². The number of hydrogen-bond donors (Lipinski definition) is 2. The number of nitrogens with zero attached hydrogens (tertiary/aromatic N) is 3. The summed E-state index contributed by atoms with van der Waals surface area (Å²) in [7, 11) is 1.31. The minimum Gasteiger partial charge on any atom is -0.476 e. The second-order valence-corrected chi connectivity index (χ2v) is 4.80. The van der Waals surface area contributed by atoms with E-state index in [0.29, 0.717) is 0 Å². The van der Waals surface area contributed by atoms with Crippen molar-refractivity contribution in [1.82, 2.24) is 9.97 Å². The number of nitrogens with one attached hydrogen (secondary N) is 1. The summed E-state index contributed by atoms with van der Waals surface area (Å²) in [5.41, 5.74) is -0.311. The Labute approximate surface area is 114 Å². The van der Waals surface area contributed by atoms with Gasteiger partial charge in [0, 0.05) is 11.3 Å². The standard InChI is InChI=1S/C10H16N4O4S/c1-6(7(4-15)19-3)13-9-8(14(16)17)10(18-2)12-5-11-9/h5-7,15H,4H2,1-3H3,(H,11,12,13). The molecule has 1 aromatic heterocycles. The van der Waals surface area contributed by atoms with Crippen LogP contribution in [0.5, 0.6) is 5.88 Å². The molecular formula is C10H16N4O4S. The quantitative estimate of drug-likeness (QED) is 0.563. The smallest absolute Gasteiger partial charge is 0.372 e. The van der Waals surface area contributed by atoms with Gasteiger partial charge in [0.1, 0.15) is 6.33 Å².